The molecule has 10 heteroatoms. The van der Waals surface area contributed by atoms with Crippen molar-refractivity contribution in [1.29, 1.82) is 0 Å². The van der Waals surface area contributed by atoms with E-state index >= 15 is 0 Å². The molecule has 0 saturated carbocycles. The maximum absolute atomic E-state index is 13.5. The highest BCUT2D eigenvalue weighted by atomic mass is 35.5. The number of benzene rings is 3. The van der Waals surface area contributed by atoms with Gasteiger partial charge in [0.25, 0.3) is 11.8 Å². The number of amides is 2. The first-order valence-electron chi connectivity index (χ1n) is 9.94. The molecule has 2 N–H and O–H groups in total. The number of hydrogen-bond donors (Lipinski definition) is 2. The van der Waals surface area contributed by atoms with E-state index in [1.165, 1.54) is 41.3 Å². The number of aromatic hydroxyl groups is 1. The van der Waals surface area contributed by atoms with Gasteiger partial charge in [0.1, 0.15) is 11.6 Å². The Labute approximate surface area is 202 Å². The van der Waals surface area contributed by atoms with Gasteiger partial charge < -0.3 is 10.4 Å². The van der Waals surface area contributed by atoms with Crippen LogP contribution in [0.4, 0.5) is 15.8 Å². The van der Waals surface area contributed by atoms with Gasteiger partial charge in [-0.2, -0.15) is 0 Å². The summed E-state index contributed by atoms with van der Waals surface area (Å²) in [5, 5.41) is 21.2. The highest BCUT2D eigenvalue weighted by Crippen LogP contribution is 2.36. The number of halogens is 2. The fourth-order valence-corrected chi connectivity index (χ4v) is 4.50. The summed E-state index contributed by atoms with van der Waals surface area (Å²) in [5.41, 5.74) is 2.22. The third-order valence-corrected chi connectivity index (χ3v) is 6.21. The zero-order valence-corrected chi connectivity index (χ0v) is 18.8. The van der Waals surface area contributed by atoms with Gasteiger partial charge in [0.05, 0.1) is 16.3 Å². The zero-order chi connectivity index (χ0) is 23.8. The molecule has 2 aliphatic heterocycles. The Morgan fingerprint density at radius 3 is 2.47 bits per heavy atom. The molecule has 2 heterocycles. The lowest BCUT2D eigenvalue weighted by Crippen LogP contribution is -2.28. The summed E-state index contributed by atoms with van der Waals surface area (Å²) < 4.78 is 13.5. The lowest BCUT2D eigenvalue weighted by molar-refractivity contribution is -0.113. The number of thioether (sulfide) groups is 1. The van der Waals surface area contributed by atoms with Crippen molar-refractivity contribution in [2.75, 3.05) is 10.2 Å². The highest BCUT2D eigenvalue weighted by Gasteiger charge is 2.35. The predicted octanol–water partition coefficient (Wildman–Crippen LogP) is 5.02. The van der Waals surface area contributed by atoms with E-state index in [4.69, 9.17) is 11.6 Å². The van der Waals surface area contributed by atoms with Crippen LogP contribution >= 0.6 is 23.4 Å². The molecular weight excluding hydrogens is 479 g/mol. The van der Waals surface area contributed by atoms with E-state index in [0.29, 0.717) is 32.4 Å². The smallest absolute Gasteiger partial charge is 0.276 e. The van der Waals surface area contributed by atoms with Crippen LogP contribution in [0.25, 0.3) is 6.08 Å². The molecule has 3 aromatic rings. The Hall–Kier alpha value is -3.95. The second-order valence-corrected chi connectivity index (χ2v) is 8.74. The van der Waals surface area contributed by atoms with Gasteiger partial charge in [0.15, 0.2) is 5.71 Å². The van der Waals surface area contributed by atoms with Gasteiger partial charge in [0.2, 0.25) is 5.17 Å². The molecule has 0 spiro atoms. The number of anilines is 2. The number of hydrogen-bond acceptors (Lipinski definition) is 6. The Morgan fingerprint density at radius 2 is 1.74 bits per heavy atom. The lowest BCUT2D eigenvalue weighted by atomic mass is 10.1. The second kappa shape index (κ2) is 8.77. The van der Waals surface area contributed by atoms with Crippen molar-refractivity contribution in [3.05, 3.63) is 93.6 Å². The van der Waals surface area contributed by atoms with E-state index in [-0.39, 0.29) is 22.5 Å². The summed E-state index contributed by atoms with van der Waals surface area (Å²) in [4.78, 5) is 27.3. The maximum atomic E-state index is 13.5. The van der Waals surface area contributed by atoms with Crippen LogP contribution in [0, 0.1) is 5.82 Å². The Balaban J connectivity index is 1.57. The van der Waals surface area contributed by atoms with Crippen molar-refractivity contribution in [1.82, 2.24) is 0 Å². The molecule has 0 bridgehead atoms. The zero-order valence-electron chi connectivity index (χ0n) is 17.2. The van der Waals surface area contributed by atoms with Crippen LogP contribution in [0.15, 0.2) is 81.8 Å². The monoisotopic (exact) mass is 492 g/mol. The van der Waals surface area contributed by atoms with Crippen LogP contribution in [0.3, 0.4) is 0 Å². The van der Waals surface area contributed by atoms with E-state index in [1.807, 2.05) is 0 Å². The number of nitrogens with one attached hydrogen (secondary N) is 1. The summed E-state index contributed by atoms with van der Waals surface area (Å²) in [6.45, 7) is 0. The molecular formula is C24H14ClFN4O3S. The molecule has 2 aliphatic rings. The van der Waals surface area contributed by atoms with Crippen LogP contribution in [0.1, 0.15) is 11.1 Å². The average molecular weight is 493 g/mol. The number of phenolic OH excluding ortho intramolecular Hbond substituents is 1. The van der Waals surface area contributed by atoms with Gasteiger partial charge in [-0.15, -0.1) is 10.2 Å². The molecule has 7 nitrogen and oxygen atoms in total. The predicted molar refractivity (Wildman–Crippen MR) is 132 cm³/mol. The number of carbonyl (C=O) groups is 2. The number of carbonyl (C=O) groups excluding carboxylic acids is 2. The van der Waals surface area contributed by atoms with Gasteiger partial charge in [0, 0.05) is 10.6 Å². The van der Waals surface area contributed by atoms with Gasteiger partial charge in [-0.3, -0.25) is 14.5 Å². The summed E-state index contributed by atoms with van der Waals surface area (Å²) in [6.07, 6.45) is 1.65. The molecule has 0 unspecified atom stereocenters. The summed E-state index contributed by atoms with van der Waals surface area (Å²) in [5.74, 6) is -1.17. The van der Waals surface area contributed by atoms with Crippen molar-refractivity contribution < 1.29 is 19.1 Å². The summed E-state index contributed by atoms with van der Waals surface area (Å²) >= 11 is 7.12. The standard InChI is InChI=1S/C24H14ClFN4O3S/c25-14-3-10-19-18(12-14)21(22(32)27-19)28-29-24-30(16-6-4-15(26)5-7-16)23(33)20(34-24)11-13-1-8-17(31)9-2-13/h1-12,31H,(H,27,28,32). The molecule has 3 aromatic carbocycles. The first-order chi connectivity index (χ1) is 16.4. The highest BCUT2D eigenvalue weighted by molar-refractivity contribution is 8.19. The van der Waals surface area contributed by atoms with Crippen molar-refractivity contribution >= 4 is 63.5 Å². The third-order valence-electron chi connectivity index (χ3n) is 5.02. The molecule has 0 aromatic heterocycles. The number of amidine groups is 1. The van der Waals surface area contributed by atoms with Crippen molar-refractivity contribution in [2.45, 2.75) is 0 Å². The van der Waals surface area contributed by atoms with E-state index in [0.717, 1.165) is 11.8 Å². The van der Waals surface area contributed by atoms with Crippen LogP contribution in [-0.4, -0.2) is 27.8 Å². The topological polar surface area (TPSA) is 94.4 Å². The summed E-state index contributed by atoms with van der Waals surface area (Å²) in [7, 11) is 0. The molecule has 0 aliphatic carbocycles. The van der Waals surface area contributed by atoms with Gasteiger partial charge in [-0.25, -0.2) is 4.39 Å². The van der Waals surface area contributed by atoms with Gasteiger partial charge in [-0.1, -0.05) is 23.7 Å². The number of nitrogens with zero attached hydrogens (tertiary/aromatic N) is 3. The largest absolute Gasteiger partial charge is 0.508 e. The number of phenols is 1. The van der Waals surface area contributed by atoms with Crippen LogP contribution in [0.5, 0.6) is 5.75 Å². The minimum atomic E-state index is -0.447. The Bertz CT molecular complexity index is 1420. The Kier molecular flexibility index (Phi) is 5.64. The van der Waals surface area contributed by atoms with E-state index in [1.54, 1.807) is 36.4 Å². The minimum absolute atomic E-state index is 0.0630. The lowest BCUT2D eigenvalue weighted by Gasteiger charge is -2.14. The SMILES string of the molecule is O=C1Nc2ccc(Cl)cc2C1=NN=C1SC(=Cc2ccc(O)cc2)C(=O)N1c1ccc(F)cc1. The third kappa shape index (κ3) is 4.18. The Morgan fingerprint density at radius 1 is 1.00 bits per heavy atom. The first-order valence-corrected chi connectivity index (χ1v) is 11.1. The molecule has 1 saturated heterocycles. The molecule has 34 heavy (non-hydrogen) atoms. The minimum Gasteiger partial charge on any atom is -0.508 e. The van der Waals surface area contributed by atoms with Crippen LogP contribution < -0.4 is 10.2 Å². The van der Waals surface area contributed by atoms with Crippen LogP contribution in [0.2, 0.25) is 5.02 Å². The fourth-order valence-electron chi connectivity index (χ4n) is 3.40. The quantitative estimate of drug-likeness (QED) is 0.396. The molecule has 1 fully saturated rings. The van der Waals surface area contributed by atoms with Gasteiger partial charge in [-0.05, 0) is 78.0 Å². The van der Waals surface area contributed by atoms with Gasteiger partial charge >= 0.3 is 0 Å². The fraction of sp³-hybridized carbons (Fsp3) is 0. The molecule has 0 radical (unpaired) electrons. The van der Waals surface area contributed by atoms with Crippen molar-refractivity contribution in [2.24, 2.45) is 10.2 Å². The van der Waals surface area contributed by atoms with Crippen molar-refractivity contribution in [3.63, 3.8) is 0 Å². The normalized spacial score (nSPS) is 18.8. The average Bonchev–Trinajstić information content (AvgIpc) is 3.29. The van der Waals surface area contributed by atoms with E-state index in [2.05, 4.69) is 15.5 Å². The maximum Gasteiger partial charge on any atom is 0.276 e. The van der Waals surface area contributed by atoms with Crippen LogP contribution in [-0.2, 0) is 9.59 Å². The summed E-state index contributed by atoms with van der Waals surface area (Å²) in [6, 6.07) is 16.7. The second-order valence-electron chi connectivity index (χ2n) is 7.29. The van der Waals surface area contributed by atoms with E-state index in [9.17, 15) is 19.1 Å². The van der Waals surface area contributed by atoms with E-state index < -0.39 is 11.7 Å². The first kappa shape index (κ1) is 21.9. The molecule has 0 atom stereocenters. The number of rotatable bonds is 3. The molecule has 2 amide bonds. The molecule has 5 rings (SSSR count). The number of fused-ring (bicyclic) bond motifs is 1. The van der Waals surface area contributed by atoms with Crippen molar-refractivity contribution in [3.8, 4) is 5.75 Å². The molecule has 168 valence electrons.